The maximum Gasteiger partial charge on any atom is 0.120 e. The Hall–Kier alpha value is -3.16. The van der Waals surface area contributed by atoms with Crippen molar-refractivity contribution in [2.45, 2.75) is 39.2 Å². The van der Waals surface area contributed by atoms with Crippen molar-refractivity contribution in [1.29, 1.82) is 0 Å². The second kappa shape index (κ2) is 9.97. The van der Waals surface area contributed by atoms with Gasteiger partial charge in [-0.25, -0.2) is 9.97 Å². The molecule has 0 saturated carbocycles. The number of H-pyrrole nitrogens is 1. The van der Waals surface area contributed by atoms with Crippen LogP contribution in [0.25, 0.3) is 15.9 Å². The third-order valence-electron chi connectivity index (χ3n) is 5.31. The number of aryl methyl sites for hydroxylation is 1. The molecule has 1 unspecified atom stereocenters. The summed E-state index contributed by atoms with van der Waals surface area (Å²) in [4.78, 5) is 12.1. The van der Waals surface area contributed by atoms with Gasteiger partial charge in [0.15, 0.2) is 0 Å². The Morgan fingerprint density at radius 3 is 2.84 bits per heavy atom. The zero-order valence-corrected chi connectivity index (χ0v) is 19.3. The van der Waals surface area contributed by atoms with Crippen molar-refractivity contribution in [2.24, 2.45) is 11.5 Å². The number of nitrogens with one attached hydrogen (secondary N) is 1. The number of thiazole rings is 1. The highest BCUT2D eigenvalue weighted by Gasteiger charge is 2.14. The average Bonchev–Trinajstić information content (AvgIpc) is 3.46. The molecule has 2 heterocycles. The molecule has 4 rings (SSSR count). The summed E-state index contributed by atoms with van der Waals surface area (Å²) < 4.78 is 7.01. The van der Waals surface area contributed by atoms with E-state index in [0.29, 0.717) is 13.0 Å². The quantitative estimate of drug-likeness (QED) is 0.314. The molecule has 0 radical (unpaired) electrons. The summed E-state index contributed by atoms with van der Waals surface area (Å²) in [5.74, 6) is 1.84. The van der Waals surface area contributed by atoms with Gasteiger partial charge in [-0.3, -0.25) is 0 Å². The highest BCUT2D eigenvalue weighted by atomic mass is 32.1. The molecular formula is C25H29N5OS. The molecule has 166 valence electrons. The molecule has 32 heavy (non-hydrogen) atoms. The van der Waals surface area contributed by atoms with E-state index in [2.05, 4.69) is 22.1 Å². The lowest BCUT2D eigenvalue weighted by Gasteiger charge is -2.11. The minimum absolute atomic E-state index is 0.173. The zero-order chi connectivity index (χ0) is 22.5. The number of benzene rings is 2. The van der Waals surface area contributed by atoms with Crippen molar-refractivity contribution in [2.75, 3.05) is 6.61 Å². The number of nitrogens with two attached hydrogens (primary N) is 2. The lowest BCUT2D eigenvalue weighted by Crippen LogP contribution is -2.13. The number of nitrogens with zero attached hydrogens (tertiary/aromatic N) is 2. The smallest absolute Gasteiger partial charge is 0.120 e. The average molecular weight is 448 g/mol. The van der Waals surface area contributed by atoms with E-state index in [4.69, 9.17) is 21.2 Å². The summed E-state index contributed by atoms with van der Waals surface area (Å²) in [7, 11) is 0. The summed E-state index contributed by atoms with van der Waals surface area (Å²) >= 11 is 1.63. The van der Waals surface area contributed by atoms with E-state index in [9.17, 15) is 0 Å². The van der Waals surface area contributed by atoms with Gasteiger partial charge in [0, 0.05) is 24.5 Å². The molecule has 4 aromatic rings. The first-order chi connectivity index (χ1) is 15.5. The van der Waals surface area contributed by atoms with Gasteiger partial charge in [-0.1, -0.05) is 23.8 Å². The van der Waals surface area contributed by atoms with Crippen LogP contribution in [0.1, 0.15) is 48.3 Å². The molecule has 0 aliphatic carbocycles. The van der Waals surface area contributed by atoms with E-state index in [1.165, 1.54) is 0 Å². The molecule has 7 heteroatoms. The zero-order valence-electron chi connectivity index (χ0n) is 18.5. The van der Waals surface area contributed by atoms with Gasteiger partial charge in [0.05, 0.1) is 22.9 Å². The lowest BCUT2D eigenvalue weighted by molar-refractivity contribution is 0.310. The largest absolute Gasteiger partial charge is 0.494 e. The summed E-state index contributed by atoms with van der Waals surface area (Å²) in [6.07, 6.45) is 6.09. The van der Waals surface area contributed by atoms with Crippen LogP contribution in [0.3, 0.4) is 0 Å². The Labute approximate surface area is 192 Å². The fraction of sp³-hybridized carbons (Fsp3) is 0.280. The Kier molecular flexibility index (Phi) is 6.87. The van der Waals surface area contributed by atoms with E-state index >= 15 is 0 Å². The Balaban J connectivity index is 1.40. The fourth-order valence-corrected chi connectivity index (χ4v) is 4.53. The molecule has 2 aromatic carbocycles. The van der Waals surface area contributed by atoms with Crippen LogP contribution in [-0.4, -0.2) is 21.6 Å². The van der Waals surface area contributed by atoms with Gasteiger partial charge in [-0.15, -0.1) is 11.3 Å². The lowest BCUT2D eigenvalue weighted by atomic mass is 10.0. The summed E-state index contributed by atoms with van der Waals surface area (Å²) in [6, 6.07) is 14.1. The number of fused-ring (bicyclic) bond motifs is 1. The number of ether oxygens (including phenoxy) is 1. The second-order valence-electron chi connectivity index (χ2n) is 8.09. The molecule has 0 fully saturated rings. The van der Waals surface area contributed by atoms with Gasteiger partial charge in [0.2, 0.25) is 0 Å². The van der Waals surface area contributed by atoms with Gasteiger partial charge >= 0.3 is 0 Å². The van der Waals surface area contributed by atoms with Gasteiger partial charge in [0.25, 0.3) is 0 Å². The van der Waals surface area contributed by atoms with E-state index in [1.807, 2.05) is 50.4 Å². The van der Waals surface area contributed by atoms with Gasteiger partial charge < -0.3 is 21.2 Å². The first kappa shape index (κ1) is 22.0. The van der Waals surface area contributed by atoms with Crippen molar-refractivity contribution >= 4 is 27.3 Å². The van der Waals surface area contributed by atoms with Crippen molar-refractivity contribution < 1.29 is 4.74 Å². The van der Waals surface area contributed by atoms with Crippen LogP contribution in [0.5, 0.6) is 5.75 Å². The minimum atomic E-state index is -0.173. The predicted octanol–water partition coefficient (Wildman–Crippen LogP) is 4.98. The molecule has 6 nitrogen and oxygen atoms in total. The van der Waals surface area contributed by atoms with Crippen LogP contribution < -0.4 is 16.2 Å². The van der Waals surface area contributed by atoms with Gasteiger partial charge in [-0.05, 0) is 62.1 Å². The van der Waals surface area contributed by atoms with Crippen LogP contribution in [0.15, 0.2) is 60.4 Å². The van der Waals surface area contributed by atoms with Crippen molar-refractivity contribution in [3.05, 3.63) is 82.4 Å². The Bertz CT molecular complexity index is 1210. The van der Waals surface area contributed by atoms with Crippen molar-refractivity contribution in [1.82, 2.24) is 15.0 Å². The van der Waals surface area contributed by atoms with Crippen LogP contribution in [0.4, 0.5) is 0 Å². The maximum absolute atomic E-state index is 6.52. The van der Waals surface area contributed by atoms with Gasteiger partial charge in [0.1, 0.15) is 16.6 Å². The maximum atomic E-state index is 6.52. The Morgan fingerprint density at radius 2 is 2.06 bits per heavy atom. The number of allylic oxidation sites excluding steroid dienone is 1. The first-order valence-corrected chi connectivity index (χ1v) is 11.6. The van der Waals surface area contributed by atoms with E-state index in [0.717, 1.165) is 62.0 Å². The van der Waals surface area contributed by atoms with Crippen molar-refractivity contribution in [3.63, 3.8) is 0 Å². The van der Waals surface area contributed by atoms with Crippen LogP contribution >= 0.6 is 11.3 Å². The number of aromatic amines is 1. The number of hydrogen-bond donors (Lipinski definition) is 3. The molecule has 5 N–H and O–H groups in total. The van der Waals surface area contributed by atoms with E-state index in [-0.39, 0.29) is 6.04 Å². The van der Waals surface area contributed by atoms with Crippen molar-refractivity contribution in [3.8, 4) is 5.75 Å². The predicted molar refractivity (Wildman–Crippen MR) is 132 cm³/mol. The standard InChI is InChI=1S/C25H29N5OS/c1-16(2)24(27)18-6-3-5-17(13-18)14-20(26)25-30-21-9-8-19(15-22(21)32-25)31-12-4-7-23-28-10-11-29-23/h3,5-6,8-11,13,15,20H,4,7,12,14,26-27H2,1-2H3,(H,28,29). The second-order valence-corrected chi connectivity index (χ2v) is 9.16. The minimum Gasteiger partial charge on any atom is -0.494 e. The summed E-state index contributed by atoms with van der Waals surface area (Å²) in [5, 5.41) is 0.926. The monoisotopic (exact) mass is 447 g/mol. The summed E-state index contributed by atoms with van der Waals surface area (Å²) in [5.41, 5.74) is 17.8. The molecule has 2 aromatic heterocycles. The summed E-state index contributed by atoms with van der Waals surface area (Å²) in [6.45, 7) is 4.68. The normalized spacial score (nSPS) is 12.1. The first-order valence-electron chi connectivity index (χ1n) is 10.8. The highest BCUT2D eigenvalue weighted by Crippen LogP contribution is 2.30. The number of hydrogen-bond acceptors (Lipinski definition) is 6. The molecule has 0 aliphatic rings. The van der Waals surface area contributed by atoms with E-state index < -0.39 is 0 Å². The molecule has 1 atom stereocenters. The van der Waals surface area contributed by atoms with Gasteiger partial charge in [-0.2, -0.15) is 0 Å². The van der Waals surface area contributed by atoms with Crippen LogP contribution in [0, 0.1) is 0 Å². The molecule has 0 saturated heterocycles. The molecule has 0 spiro atoms. The number of aromatic nitrogens is 3. The third-order valence-corrected chi connectivity index (χ3v) is 6.46. The van der Waals surface area contributed by atoms with E-state index in [1.54, 1.807) is 17.5 Å². The Morgan fingerprint density at radius 1 is 1.19 bits per heavy atom. The third kappa shape index (κ3) is 5.36. The molecular weight excluding hydrogens is 418 g/mol. The SMILES string of the molecule is CC(C)=C(N)c1cccc(CC(N)c2nc3ccc(OCCCc4ncc[nH]4)cc3s2)c1. The molecule has 0 amide bonds. The fourth-order valence-electron chi connectivity index (χ4n) is 3.53. The van der Waals surface area contributed by atoms with Crippen LogP contribution in [-0.2, 0) is 12.8 Å². The van der Waals surface area contributed by atoms with Crippen LogP contribution in [0.2, 0.25) is 0 Å². The number of rotatable bonds is 9. The highest BCUT2D eigenvalue weighted by molar-refractivity contribution is 7.18. The molecule has 0 aliphatic heterocycles. The topological polar surface area (TPSA) is 103 Å². The molecule has 0 bridgehead atoms. The number of imidazole rings is 1.